The number of rotatable bonds is 6. The third kappa shape index (κ3) is 4.17. The molecule has 1 N–H and O–H groups in total. The molecule has 1 aliphatic rings. The number of furan rings is 1. The Morgan fingerprint density at radius 3 is 2.71 bits per heavy atom. The Hall–Kier alpha value is -2.27. The van der Waals surface area contributed by atoms with Gasteiger partial charge in [0.2, 0.25) is 0 Å². The first kappa shape index (κ1) is 16.6. The molecule has 0 unspecified atom stereocenters. The van der Waals surface area contributed by atoms with Gasteiger partial charge in [0.05, 0.1) is 12.1 Å². The number of aryl methyl sites for hydroxylation is 1. The second kappa shape index (κ2) is 7.53. The molecule has 1 aromatic heterocycles. The normalized spacial score (nSPS) is 18.3. The van der Waals surface area contributed by atoms with Gasteiger partial charge in [-0.25, -0.2) is 0 Å². The number of ether oxygens (including phenoxy) is 2. The fraction of sp³-hybridized carbons (Fsp3) is 0.421. The van der Waals surface area contributed by atoms with Gasteiger partial charge in [0.1, 0.15) is 23.9 Å². The minimum absolute atomic E-state index is 0.137. The molecule has 5 nitrogen and oxygen atoms in total. The van der Waals surface area contributed by atoms with Crippen molar-refractivity contribution in [2.45, 2.75) is 38.8 Å². The van der Waals surface area contributed by atoms with Crippen LogP contribution in [0.2, 0.25) is 0 Å². The summed E-state index contributed by atoms with van der Waals surface area (Å²) in [7, 11) is 0. The highest BCUT2D eigenvalue weighted by Gasteiger charge is 2.17. The van der Waals surface area contributed by atoms with E-state index in [1.165, 1.54) is 0 Å². The molecule has 0 spiro atoms. The second-order valence-electron chi connectivity index (χ2n) is 6.11. The van der Waals surface area contributed by atoms with Crippen LogP contribution in [0.3, 0.4) is 0 Å². The molecule has 1 fully saturated rings. The van der Waals surface area contributed by atoms with Crippen LogP contribution in [-0.2, 0) is 4.74 Å². The summed E-state index contributed by atoms with van der Waals surface area (Å²) in [6.45, 7) is 5.16. The van der Waals surface area contributed by atoms with E-state index in [4.69, 9.17) is 13.9 Å². The summed E-state index contributed by atoms with van der Waals surface area (Å²) in [5.74, 6) is 2.19. The first-order valence-electron chi connectivity index (χ1n) is 8.33. The summed E-state index contributed by atoms with van der Waals surface area (Å²) in [6.07, 6.45) is 2.33. The van der Waals surface area contributed by atoms with E-state index in [9.17, 15) is 4.79 Å². The van der Waals surface area contributed by atoms with E-state index < -0.39 is 0 Å². The SMILES string of the molecule is Cc1ccc([C@H](C)NC(=O)c2ccc(OC[C@@H]3CCCO3)cc2)o1. The van der Waals surface area contributed by atoms with Crippen molar-refractivity contribution >= 4 is 5.91 Å². The predicted octanol–water partition coefficient (Wildman–Crippen LogP) is 3.64. The maximum absolute atomic E-state index is 12.3. The lowest BCUT2D eigenvalue weighted by Gasteiger charge is -2.13. The zero-order chi connectivity index (χ0) is 16.9. The van der Waals surface area contributed by atoms with Crippen LogP contribution in [0.1, 0.15) is 47.7 Å². The first-order chi connectivity index (χ1) is 11.6. The molecule has 0 radical (unpaired) electrons. The molecule has 2 heterocycles. The molecule has 5 heteroatoms. The number of amides is 1. The minimum atomic E-state index is -0.179. The lowest BCUT2D eigenvalue weighted by atomic mass is 10.1. The van der Waals surface area contributed by atoms with Crippen molar-refractivity contribution in [2.75, 3.05) is 13.2 Å². The summed E-state index contributed by atoms with van der Waals surface area (Å²) < 4.78 is 16.8. The molecule has 0 bridgehead atoms. The first-order valence-corrected chi connectivity index (χ1v) is 8.33. The predicted molar refractivity (Wildman–Crippen MR) is 90.2 cm³/mol. The molecule has 1 amide bonds. The maximum atomic E-state index is 12.3. The van der Waals surface area contributed by atoms with Crippen molar-refractivity contribution in [1.82, 2.24) is 5.32 Å². The number of carbonyl (C=O) groups is 1. The van der Waals surface area contributed by atoms with E-state index in [1.807, 2.05) is 38.1 Å². The van der Waals surface area contributed by atoms with Gasteiger partial charge in [-0.1, -0.05) is 0 Å². The number of carbonyl (C=O) groups excluding carboxylic acids is 1. The minimum Gasteiger partial charge on any atom is -0.491 e. The van der Waals surface area contributed by atoms with Crippen molar-refractivity contribution in [3.8, 4) is 5.75 Å². The lowest BCUT2D eigenvalue weighted by molar-refractivity contribution is 0.0679. The smallest absolute Gasteiger partial charge is 0.251 e. The molecule has 3 rings (SSSR count). The third-order valence-corrected chi connectivity index (χ3v) is 4.11. The highest BCUT2D eigenvalue weighted by molar-refractivity contribution is 5.94. The Morgan fingerprint density at radius 2 is 2.08 bits per heavy atom. The maximum Gasteiger partial charge on any atom is 0.251 e. The molecular weight excluding hydrogens is 306 g/mol. The number of nitrogens with one attached hydrogen (secondary N) is 1. The van der Waals surface area contributed by atoms with Crippen LogP contribution in [-0.4, -0.2) is 25.2 Å². The fourth-order valence-corrected chi connectivity index (χ4v) is 2.70. The van der Waals surface area contributed by atoms with Gasteiger partial charge in [-0.2, -0.15) is 0 Å². The highest BCUT2D eigenvalue weighted by Crippen LogP contribution is 2.18. The largest absolute Gasteiger partial charge is 0.491 e. The van der Waals surface area contributed by atoms with Gasteiger partial charge in [-0.05, 0) is 63.1 Å². The quantitative estimate of drug-likeness (QED) is 0.879. The summed E-state index contributed by atoms with van der Waals surface area (Å²) in [5.41, 5.74) is 0.592. The van der Waals surface area contributed by atoms with Crippen LogP contribution in [0.25, 0.3) is 0 Å². The zero-order valence-corrected chi connectivity index (χ0v) is 14.1. The Labute approximate surface area is 141 Å². The second-order valence-corrected chi connectivity index (χ2v) is 6.11. The molecule has 2 atom stereocenters. The lowest BCUT2D eigenvalue weighted by Crippen LogP contribution is -2.26. The molecule has 0 saturated carbocycles. The molecule has 0 aliphatic carbocycles. The van der Waals surface area contributed by atoms with Gasteiger partial charge in [0, 0.05) is 12.2 Å². The standard InChI is InChI=1S/C19H23NO4/c1-13-5-10-18(24-13)14(2)20-19(21)15-6-8-16(9-7-15)23-12-17-4-3-11-22-17/h5-10,14,17H,3-4,11-12H2,1-2H3,(H,20,21)/t14-,17-/m0/s1. The van der Waals surface area contributed by atoms with Crippen LogP contribution in [0.5, 0.6) is 5.75 Å². The van der Waals surface area contributed by atoms with Gasteiger partial charge in [-0.15, -0.1) is 0 Å². The van der Waals surface area contributed by atoms with Crippen molar-refractivity contribution in [2.24, 2.45) is 0 Å². The Bertz CT molecular complexity index is 671. The van der Waals surface area contributed by atoms with Gasteiger partial charge in [0.15, 0.2) is 0 Å². The number of hydrogen-bond donors (Lipinski definition) is 1. The monoisotopic (exact) mass is 329 g/mol. The summed E-state index contributed by atoms with van der Waals surface area (Å²) in [6, 6.07) is 10.7. The molecule has 2 aromatic rings. The van der Waals surface area contributed by atoms with Gasteiger partial charge in [-0.3, -0.25) is 4.79 Å². The highest BCUT2D eigenvalue weighted by atomic mass is 16.5. The third-order valence-electron chi connectivity index (χ3n) is 4.11. The average molecular weight is 329 g/mol. The number of benzene rings is 1. The van der Waals surface area contributed by atoms with E-state index in [-0.39, 0.29) is 18.1 Å². The Morgan fingerprint density at radius 1 is 1.29 bits per heavy atom. The van der Waals surface area contributed by atoms with E-state index in [0.29, 0.717) is 12.2 Å². The van der Waals surface area contributed by atoms with Crippen LogP contribution in [0.4, 0.5) is 0 Å². The van der Waals surface area contributed by atoms with E-state index in [2.05, 4.69) is 5.32 Å². The van der Waals surface area contributed by atoms with E-state index in [1.54, 1.807) is 12.1 Å². The molecule has 1 aliphatic heterocycles. The average Bonchev–Trinajstić information content (AvgIpc) is 3.25. The Kier molecular flexibility index (Phi) is 5.20. The fourth-order valence-electron chi connectivity index (χ4n) is 2.70. The summed E-state index contributed by atoms with van der Waals surface area (Å²) in [4.78, 5) is 12.3. The van der Waals surface area contributed by atoms with Gasteiger partial charge >= 0.3 is 0 Å². The number of hydrogen-bond acceptors (Lipinski definition) is 4. The Balaban J connectivity index is 1.53. The van der Waals surface area contributed by atoms with Crippen molar-refractivity contribution in [1.29, 1.82) is 0 Å². The van der Waals surface area contributed by atoms with Crippen molar-refractivity contribution < 1.29 is 18.7 Å². The molecule has 128 valence electrons. The topological polar surface area (TPSA) is 60.7 Å². The van der Waals surface area contributed by atoms with Crippen LogP contribution in [0, 0.1) is 6.92 Å². The molecule has 1 saturated heterocycles. The van der Waals surface area contributed by atoms with Gasteiger partial charge < -0.3 is 19.2 Å². The van der Waals surface area contributed by atoms with E-state index >= 15 is 0 Å². The van der Waals surface area contributed by atoms with Crippen LogP contribution in [0.15, 0.2) is 40.8 Å². The van der Waals surface area contributed by atoms with Crippen LogP contribution >= 0.6 is 0 Å². The molecule has 24 heavy (non-hydrogen) atoms. The molecular formula is C19H23NO4. The van der Waals surface area contributed by atoms with E-state index in [0.717, 1.165) is 36.7 Å². The summed E-state index contributed by atoms with van der Waals surface area (Å²) >= 11 is 0. The van der Waals surface area contributed by atoms with Crippen molar-refractivity contribution in [3.63, 3.8) is 0 Å². The van der Waals surface area contributed by atoms with Crippen LogP contribution < -0.4 is 10.1 Å². The molecule has 1 aromatic carbocycles. The summed E-state index contributed by atoms with van der Waals surface area (Å²) in [5, 5.41) is 2.93. The zero-order valence-electron chi connectivity index (χ0n) is 14.1. The van der Waals surface area contributed by atoms with Gasteiger partial charge in [0.25, 0.3) is 5.91 Å². The van der Waals surface area contributed by atoms with Crippen molar-refractivity contribution in [3.05, 3.63) is 53.5 Å².